The van der Waals surface area contributed by atoms with Crippen LogP contribution in [0.1, 0.15) is 0 Å². The van der Waals surface area contributed by atoms with E-state index in [4.69, 9.17) is 0 Å². The van der Waals surface area contributed by atoms with Gasteiger partial charge in [0.15, 0.2) is 0 Å². The van der Waals surface area contributed by atoms with Gasteiger partial charge in [-0.05, 0) is 24.3 Å². The lowest BCUT2D eigenvalue weighted by Crippen LogP contribution is -1.79. The van der Waals surface area contributed by atoms with Gasteiger partial charge >= 0.3 is 0 Å². The quantitative estimate of drug-likeness (QED) is 0.755. The molecule has 0 saturated carbocycles. The lowest BCUT2D eigenvalue weighted by atomic mass is 10.4. The van der Waals surface area contributed by atoms with E-state index in [0.29, 0.717) is 0 Å². The van der Waals surface area contributed by atoms with E-state index < -0.39 is 0 Å². The first kappa shape index (κ1) is 9.15. The van der Waals surface area contributed by atoms with Gasteiger partial charge in [0.1, 0.15) is 12.1 Å². The molecule has 0 N–H and O–H groups in total. The van der Waals surface area contributed by atoms with Crippen LogP contribution in [0.2, 0.25) is 0 Å². The number of aromatic nitrogens is 2. The van der Waals surface area contributed by atoms with E-state index >= 15 is 0 Å². The molecule has 2 rings (SSSR count). The Hall–Kier alpha value is -1.42. The van der Waals surface area contributed by atoms with Crippen molar-refractivity contribution in [1.82, 2.24) is 9.97 Å². The number of hydrogen-bond acceptors (Lipinski definition) is 3. The molecule has 14 heavy (non-hydrogen) atoms. The highest BCUT2D eigenvalue weighted by Crippen LogP contribution is 2.25. The molecule has 2 nitrogen and oxygen atoms in total. The van der Waals surface area contributed by atoms with E-state index in [0.717, 1.165) is 9.79 Å². The molecule has 1 heterocycles. The predicted octanol–water partition coefficient (Wildman–Crippen LogP) is 2.77. The van der Waals surface area contributed by atoms with Gasteiger partial charge in [-0.2, -0.15) is 0 Å². The zero-order valence-electron chi connectivity index (χ0n) is 7.22. The van der Waals surface area contributed by atoms with Crippen LogP contribution in [-0.4, -0.2) is 9.97 Å². The van der Waals surface area contributed by atoms with Crippen LogP contribution in [0.4, 0.5) is 4.39 Å². The second kappa shape index (κ2) is 4.19. The Balaban J connectivity index is 2.16. The minimum atomic E-state index is -0.223. The standard InChI is InChI=1S/C10H7FN2S/c11-8-1-3-9(4-2-8)14-10-5-12-7-13-6-10/h1-7H. The summed E-state index contributed by atoms with van der Waals surface area (Å²) in [5.74, 6) is -0.223. The molecule has 0 aliphatic heterocycles. The third-order valence-electron chi connectivity index (χ3n) is 1.59. The summed E-state index contributed by atoms with van der Waals surface area (Å²) in [6, 6.07) is 6.33. The molecule has 0 fully saturated rings. The Bertz CT molecular complexity index is 402. The summed E-state index contributed by atoms with van der Waals surface area (Å²) < 4.78 is 12.6. The van der Waals surface area contributed by atoms with Gasteiger partial charge in [-0.1, -0.05) is 11.8 Å². The van der Waals surface area contributed by atoms with Crippen LogP contribution >= 0.6 is 11.8 Å². The fourth-order valence-electron chi connectivity index (χ4n) is 0.977. The van der Waals surface area contributed by atoms with E-state index in [1.54, 1.807) is 24.5 Å². The highest BCUT2D eigenvalue weighted by Gasteiger charge is 1.97. The molecule has 0 saturated heterocycles. The molecule has 1 aromatic heterocycles. The van der Waals surface area contributed by atoms with Gasteiger partial charge in [0.05, 0.1) is 0 Å². The average molecular weight is 206 g/mol. The van der Waals surface area contributed by atoms with Crippen molar-refractivity contribution in [2.75, 3.05) is 0 Å². The van der Waals surface area contributed by atoms with Gasteiger partial charge in [-0.25, -0.2) is 14.4 Å². The van der Waals surface area contributed by atoms with Crippen molar-refractivity contribution in [2.24, 2.45) is 0 Å². The van der Waals surface area contributed by atoms with Crippen molar-refractivity contribution in [3.05, 3.63) is 48.8 Å². The number of hydrogen-bond donors (Lipinski definition) is 0. The van der Waals surface area contributed by atoms with Gasteiger partial charge in [-0.3, -0.25) is 0 Å². The molecule has 0 atom stereocenters. The summed E-state index contributed by atoms with van der Waals surface area (Å²) in [6.45, 7) is 0. The van der Waals surface area contributed by atoms with Crippen LogP contribution < -0.4 is 0 Å². The molecule has 0 aliphatic carbocycles. The van der Waals surface area contributed by atoms with Crippen LogP contribution in [0, 0.1) is 5.82 Å². The lowest BCUT2D eigenvalue weighted by Gasteiger charge is -1.99. The van der Waals surface area contributed by atoms with Crippen molar-refractivity contribution in [3.8, 4) is 0 Å². The minimum Gasteiger partial charge on any atom is -0.244 e. The van der Waals surface area contributed by atoms with Crippen molar-refractivity contribution >= 4 is 11.8 Å². The van der Waals surface area contributed by atoms with E-state index in [1.165, 1.54) is 30.2 Å². The average Bonchev–Trinajstić information content (AvgIpc) is 2.23. The third kappa shape index (κ3) is 2.29. The number of benzene rings is 1. The topological polar surface area (TPSA) is 25.8 Å². The molecule has 70 valence electrons. The molecule has 0 aliphatic rings. The van der Waals surface area contributed by atoms with E-state index in [9.17, 15) is 4.39 Å². The van der Waals surface area contributed by atoms with Crippen molar-refractivity contribution < 1.29 is 4.39 Å². The highest BCUT2D eigenvalue weighted by atomic mass is 32.2. The van der Waals surface area contributed by atoms with Crippen molar-refractivity contribution in [2.45, 2.75) is 9.79 Å². The van der Waals surface area contributed by atoms with Gasteiger partial charge in [-0.15, -0.1) is 0 Å². The summed E-state index contributed by atoms with van der Waals surface area (Å²) >= 11 is 1.50. The molecule has 0 bridgehead atoms. The monoisotopic (exact) mass is 206 g/mol. The van der Waals surface area contributed by atoms with Gasteiger partial charge in [0.25, 0.3) is 0 Å². The smallest absolute Gasteiger partial charge is 0.123 e. The predicted molar refractivity (Wildman–Crippen MR) is 52.6 cm³/mol. The van der Waals surface area contributed by atoms with Crippen molar-refractivity contribution in [1.29, 1.82) is 0 Å². The fraction of sp³-hybridized carbons (Fsp3) is 0. The fourth-order valence-corrected chi connectivity index (χ4v) is 1.75. The van der Waals surface area contributed by atoms with Crippen LogP contribution in [0.25, 0.3) is 0 Å². The van der Waals surface area contributed by atoms with Crippen LogP contribution in [0.15, 0.2) is 52.8 Å². The van der Waals surface area contributed by atoms with E-state index in [1.807, 2.05) is 0 Å². The van der Waals surface area contributed by atoms with Crippen LogP contribution in [0.3, 0.4) is 0 Å². The van der Waals surface area contributed by atoms with Crippen molar-refractivity contribution in [3.63, 3.8) is 0 Å². The Morgan fingerprint density at radius 3 is 2.21 bits per heavy atom. The normalized spacial score (nSPS) is 10.1. The summed E-state index contributed by atoms with van der Waals surface area (Å²) in [4.78, 5) is 9.70. The first-order chi connectivity index (χ1) is 6.84. The number of halogens is 1. The molecule has 0 spiro atoms. The van der Waals surface area contributed by atoms with Gasteiger partial charge in [0.2, 0.25) is 0 Å². The molecular formula is C10H7FN2S. The zero-order chi connectivity index (χ0) is 9.80. The largest absolute Gasteiger partial charge is 0.244 e. The van der Waals surface area contributed by atoms with Crippen LogP contribution in [-0.2, 0) is 0 Å². The lowest BCUT2D eigenvalue weighted by molar-refractivity contribution is 0.626. The molecule has 0 unspecified atom stereocenters. The molecule has 0 amide bonds. The summed E-state index contributed by atoms with van der Waals surface area (Å²) in [7, 11) is 0. The molecule has 0 radical (unpaired) electrons. The number of rotatable bonds is 2. The Morgan fingerprint density at radius 2 is 1.57 bits per heavy atom. The summed E-state index contributed by atoms with van der Waals surface area (Å²) in [6.07, 6.45) is 4.93. The van der Waals surface area contributed by atoms with E-state index in [-0.39, 0.29) is 5.82 Å². The molecular weight excluding hydrogens is 199 g/mol. The maximum Gasteiger partial charge on any atom is 0.123 e. The summed E-state index contributed by atoms with van der Waals surface area (Å²) in [5.41, 5.74) is 0. The zero-order valence-corrected chi connectivity index (χ0v) is 8.04. The summed E-state index contributed by atoms with van der Waals surface area (Å²) in [5, 5.41) is 0. The van der Waals surface area contributed by atoms with Gasteiger partial charge < -0.3 is 0 Å². The second-order valence-electron chi connectivity index (χ2n) is 2.63. The molecule has 2 aromatic rings. The first-order valence-corrected chi connectivity index (χ1v) is 4.85. The third-order valence-corrected chi connectivity index (χ3v) is 2.54. The second-order valence-corrected chi connectivity index (χ2v) is 3.78. The van der Waals surface area contributed by atoms with Crippen LogP contribution in [0.5, 0.6) is 0 Å². The molecule has 4 heteroatoms. The Labute approximate surface area is 85.2 Å². The maximum absolute atomic E-state index is 12.6. The number of nitrogens with zero attached hydrogens (tertiary/aromatic N) is 2. The SMILES string of the molecule is Fc1ccc(Sc2cncnc2)cc1. The molecule has 1 aromatic carbocycles. The Morgan fingerprint density at radius 1 is 0.929 bits per heavy atom. The van der Waals surface area contributed by atoms with E-state index in [2.05, 4.69) is 9.97 Å². The van der Waals surface area contributed by atoms with Gasteiger partial charge in [0, 0.05) is 22.2 Å². The minimum absolute atomic E-state index is 0.223. The first-order valence-electron chi connectivity index (χ1n) is 4.03. The maximum atomic E-state index is 12.6. The highest BCUT2D eigenvalue weighted by molar-refractivity contribution is 7.99. The Kier molecular flexibility index (Phi) is 2.74.